The molecule has 7 heteroatoms. The molecule has 6 nitrogen and oxygen atoms in total. The number of H-pyrrole nitrogens is 1. The molecular formula is C21H26BrN3O3. The van der Waals surface area contributed by atoms with Gasteiger partial charge in [-0.25, -0.2) is 9.78 Å². The maximum Gasteiger partial charge on any atom is 0.410 e. The third-order valence-electron chi connectivity index (χ3n) is 5.37. The van der Waals surface area contributed by atoms with Gasteiger partial charge in [-0.05, 0) is 45.7 Å². The van der Waals surface area contributed by atoms with Gasteiger partial charge in [0, 0.05) is 34.8 Å². The standard InChI is InChI=1S/C21H26BrN3O3/c1-20(2,3)28-19(26)25-12-21(8-9-27-13-21)10-17(25)18-23-11-16(24-18)14-4-6-15(22)7-5-14/h4-7,11,17H,8-10,12-13H2,1-3H3,(H,23,24)/t17-,21+/m0/s1. The zero-order chi connectivity index (χ0) is 19.9. The van der Waals surface area contributed by atoms with Crippen LogP contribution in [0.1, 0.15) is 45.5 Å². The molecule has 1 amide bonds. The summed E-state index contributed by atoms with van der Waals surface area (Å²) in [5.41, 5.74) is 1.36. The molecule has 2 aromatic rings. The molecule has 1 N–H and O–H groups in total. The van der Waals surface area contributed by atoms with Gasteiger partial charge in [-0.2, -0.15) is 0 Å². The summed E-state index contributed by atoms with van der Waals surface area (Å²) < 4.78 is 12.4. The zero-order valence-electron chi connectivity index (χ0n) is 16.5. The Balaban J connectivity index is 1.61. The quantitative estimate of drug-likeness (QED) is 0.708. The molecule has 0 unspecified atom stereocenters. The smallest absolute Gasteiger partial charge is 0.410 e. The highest BCUT2D eigenvalue weighted by molar-refractivity contribution is 9.10. The molecule has 2 saturated heterocycles. The first-order chi connectivity index (χ1) is 13.2. The number of carbonyl (C=O) groups excluding carboxylic acids is 1. The Morgan fingerprint density at radius 1 is 1.36 bits per heavy atom. The van der Waals surface area contributed by atoms with E-state index in [4.69, 9.17) is 14.5 Å². The van der Waals surface area contributed by atoms with Gasteiger partial charge in [-0.1, -0.05) is 28.1 Å². The van der Waals surface area contributed by atoms with Crippen LogP contribution in [-0.4, -0.2) is 46.3 Å². The highest BCUT2D eigenvalue weighted by atomic mass is 79.9. The van der Waals surface area contributed by atoms with Gasteiger partial charge < -0.3 is 14.5 Å². The van der Waals surface area contributed by atoms with E-state index in [1.165, 1.54) is 0 Å². The largest absolute Gasteiger partial charge is 0.444 e. The van der Waals surface area contributed by atoms with E-state index in [2.05, 4.69) is 20.9 Å². The average Bonchev–Trinajstić information content (AvgIpc) is 3.35. The van der Waals surface area contributed by atoms with Crippen LogP contribution in [-0.2, 0) is 9.47 Å². The van der Waals surface area contributed by atoms with Crippen molar-refractivity contribution >= 4 is 22.0 Å². The second kappa shape index (κ2) is 7.19. The Kier molecular flexibility index (Phi) is 5.00. The maximum atomic E-state index is 12.9. The number of rotatable bonds is 2. The van der Waals surface area contributed by atoms with Gasteiger partial charge in [0.15, 0.2) is 0 Å². The average molecular weight is 448 g/mol. The number of ether oxygens (including phenoxy) is 2. The third kappa shape index (κ3) is 3.96. The summed E-state index contributed by atoms with van der Waals surface area (Å²) in [4.78, 5) is 22.9. The summed E-state index contributed by atoms with van der Waals surface area (Å²) in [6.07, 6.45) is 3.41. The summed E-state index contributed by atoms with van der Waals surface area (Å²) in [6.45, 7) is 7.75. The SMILES string of the molecule is CC(C)(C)OC(=O)N1C[C@@]2(CCOC2)C[C@H]1c1nc(-c2ccc(Br)cc2)c[nH]1. The molecule has 150 valence electrons. The second-order valence-corrected chi connectivity index (χ2v) is 9.72. The highest BCUT2D eigenvalue weighted by Crippen LogP contribution is 2.47. The predicted molar refractivity (Wildman–Crippen MR) is 110 cm³/mol. The molecular weight excluding hydrogens is 422 g/mol. The van der Waals surface area contributed by atoms with Crippen molar-refractivity contribution in [1.82, 2.24) is 14.9 Å². The Bertz CT molecular complexity index is 851. The maximum absolute atomic E-state index is 12.9. The Labute approximate surface area is 173 Å². The van der Waals surface area contributed by atoms with Crippen LogP contribution in [0.15, 0.2) is 34.9 Å². The first-order valence-electron chi connectivity index (χ1n) is 9.63. The van der Waals surface area contributed by atoms with E-state index in [9.17, 15) is 4.79 Å². The number of nitrogens with one attached hydrogen (secondary N) is 1. The van der Waals surface area contributed by atoms with Crippen LogP contribution in [0.2, 0.25) is 0 Å². The minimum atomic E-state index is -0.532. The van der Waals surface area contributed by atoms with Crippen LogP contribution in [0.5, 0.6) is 0 Å². The number of amides is 1. The highest BCUT2D eigenvalue weighted by Gasteiger charge is 2.50. The lowest BCUT2D eigenvalue weighted by molar-refractivity contribution is 0.0201. The van der Waals surface area contributed by atoms with Crippen LogP contribution in [0.4, 0.5) is 4.79 Å². The molecule has 3 heterocycles. The number of carbonyl (C=O) groups is 1. The van der Waals surface area contributed by atoms with Crippen LogP contribution < -0.4 is 0 Å². The number of aromatic nitrogens is 2. The minimum Gasteiger partial charge on any atom is -0.444 e. The minimum absolute atomic E-state index is 0.00780. The molecule has 2 fully saturated rings. The number of aromatic amines is 1. The fourth-order valence-corrected chi connectivity index (χ4v) is 4.29. The number of likely N-dealkylation sites (tertiary alicyclic amines) is 1. The molecule has 0 radical (unpaired) electrons. The number of benzene rings is 1. The number of hydrogen-bond acceptors (Lipinski definition) is 4. The van der Waals surface area contributed by atoms with Crippen molar-refractivity contribution < 1.29 is 14.3 Å². The van der Waals surface area contributed by atoms with Gasteiger partial charge in [0.05, 0.1) is 18.3 Å². The molecule has 2 aliphatic rings. The molecule has 4 rings (SSSR count). The van der Waals surface area contributed by atoms with E-state index in [1.54, 1.807) is 0 Å². The van der Waals surface area contributed by atoms with Gasteiger partial charge in [0.2, 0.25) is 0 Å². The van der Waals surface area contributed by atoms with Crippen molar-refractivity contribution in [2.24, 2.45) is 5.41 Å². The number of halogens is 1. The molecule has 0 bridgehead atoms. The van der Waals surface area contributed by atoms with E-state index in [-0.39, 0.29) is 17.6 Å². The first-order valence-corrected chi connectivity index (χ1v) is 10.4. The summed E-state index contributed by atoms with van der Waals surface area (Å²) >= 11 is 3.46. The van der Waals surface area contributed by atoms with E-state index in [1.807, 2.05) is 56.1 Å². The summed E-state index contributed by atoms with van der Waals surface area (Å²) in [5.74, 6) is 0.799. The van der Waals surface area contributed by atoms with Crippen molar-refractivity contribution in [2.45, 2.75) is 45.3 Å². The molecule has 0 aliphatic carbocycles. The van der Waals surface area contributed by atoms with Crippen molar-refractivity contribution in [3.8, 4) is 11.3 Å². The van der Waals surface area contributed by atoms with E-state index in [0.717, 1.165) is 41.0 Å². The van der Waals surface area contributed by atoms with Crippen molar-refractivity contribution in [3.63, 3.8) is 0 Å². The second-order valence-electron chi connectivity index (χ2n) is 8.81. The lowest BCUT2D eigenvalue weighted by Gasteiger charge is -2.28. The van der Waals surface area contributed by atoms with Crippen LogP contribution in [0.25, 0.3) is 11.3 Å². The third-order valence-corrected chi connectivity index (χ3v) is 5.90. The van der Waals surface area contributed by atoms with Crippen molar-refractivity contribution in [1.29, 1.82) is 0 Å². The molecule has 0 saturated carbocycles. The van der Waals surface area contributed by atoms with Gasteiger partial charge in [-0.3, -0.25) is 4.90 Å². The zero-order valence-corrected chi connectivity index (χ0v) is 18.1. The number of hydrogen-bond donors (Lipinski definition) is 1. The molecule has 2 atom stereocenters. The first kappa shape index (κ1) is 19.5. The summed E-state index contributed by atoms with van der Waals surface area (Å²) in [5, 5.41) is 0. The number of nitrogens with zero attached hydrogens (tertiary/aromatic N) is 2. The van der Waals surface area contributed by atoms with Gasteiger partial charge in [0.25, 0.3) is 0 Å². The Morgan fingerprint density at radius 3 is 2.75 bits per heavy atom. The van der Waals surface area contributed by atoms with Crippen LogP contribution in [0.3, 0.4) is 0 Å². The predicted octanol–water partition coefficient (Wildman–Crippen LogP) is 4.93. The van der Waals surface area contributed by atoms with E-state index in [0.29, 0.717) is 13.2 Å². The lowest BCUT2D eigenvalue weighted by Crippen LogP contribution is -2.38. The lowest BCUT2D eigenvalue weighted by atomic mass is 9.85. The summed E-state index contributed by atoms with van der Waals surface area (Å²) in [6, 6.07) is 7.90. The molecule has 1 spiro atoms. The van der Waals surface area contributed by atoms with E-state index < -0.39 is 5.60 Å². The molecule has 1 aromatic carbocycles. The van der Waals surface area contributed by atoms with Gasteiger partial charge in [0.1, 0.15) is 11.4 Å². The van der Waals surface area contributed by atoms with E-state index >= 15 is 0 Å². The topological polar surface area (TPSA) is 67.4 Å². The molecule has 28 heavy (non-hydrogen) atoms. The van der Waals surface area contributed by atoms with Gasteiger partial charge in [-0.15, -0.1) is 0 Å². The molecule has 2 aliphatic heterocycles. The van der Waals surface area contributed by atoms with Crippen molar-refractivity contribution in [2.75, 3.05) is 19.8 Å². The normalized spacial score (nSPS) is 24.9. The summed E-state index contributed by atoms with van der Waals surface area (Å²) in [7, 11) is 0. The van der Waals surface area contributed by atoms with Gasteiger partial charge >= 0.3 is 6.09 Å². The Morgan fingerprint density at radius 2 is 2.11 bits per heavy atom. The van der Waals surface area contributed by atoms with Crippen LogP contribution in [0, 0.1) is 5.41 Å². The Hall–Kier alpha value is -1.86. The number of imidazole rings is 1. The van der Waals surface area contributed by atoms with Crippen LogP contribution >= 0.6 is 15.9 Å². The fraction of sp³-hybridized carbons (Fsp3) is 0.524. The monoisotopic (exact) mass is 447 g/mol. The van der Waals surface area contributed by atoms with Crippen molar-refractivity contribution in [3.05, 3.63) is 40.8 Å². The fourth-order valence-electron chi connectivity index (χ4n) is 4.02. The molecule has 1 aromatic heterocycles.